The fourth-order valence-corrected chi connectivity index (χ4v) is 4.91. The Labute approximate surface area is 199 Å². The van der Waals surface area contributed by atoms with E-state index >= 15 is 0 Å². The zero-order chi connectivity index (χ0) is 22.8. The summed E-state index contributed by atoms with van der Waals surface area (Å²) in [6.45, 7) is 5.60. The van der Waals surface area contributed by atoms with Crippen LogP contribution in [-0.4, -0.2) is 27.5 Å². The molecule has 1 aliphatic rings. The predicted octanol–water partition coefficient (Wildman–Crippen LogP) is 5.79. The number of rotatable bonds is 5. The lowest BCUT2D eigenvalue weighted by atomic mass is 9.94. The molecule has 0 spiro atoms. The highest BCUT2D eigenvalue weighted by Crippen LogP contribution is 2.29. The molecule has 0 bridgehead atoms. The van der Waals surface area contributed by atoms with Crippen LogP contribution in [0.15, 0.2) is 77.6 Å². The van der Waals surface area contributed by atoms with Crippen LogP contribution in [0.2, 0.25) is 5.02 Å². The standard InChI is InChI=1S/C28H28ClN3O/c1-20-7-9-22(10-8-20)18-31-15-13-23(14-16-31)27-30-26-17-24(29)11-12-25(26)28(33)32(27)19-21-5-3-2-4-6-21/h2-12,17,23H,13-16,18-19H2,1H3. The Balaban J connectivity index is 1.43. The Morgan fingerprint density at radius 2 is 1.61 bits per heavy atom. The molecule has 1 saturated heterocycles. The van der Waals surface area contributed by atoms with Gasteiger partial charge in [0.05, 0.1) is 17.4 Å². The molecular formula is C28H28ClN3O. The Hall–Kier alpha value is -2.95. The number of fused-ring (bicyclic) bond motifs is 1. The minimum absolute atomic E-state index is 0.0117. The van der Waals surface area contributed by atoms with E-state index in [0.717, 1.165) is 43.9 Å². The number of halogens is 1. The molecule has 0 amide bonds. The molecule has 0 radical (unpaired) electrons. The number of nitrogens with zero attached hydrogens (tertiary/aromatic N) is 3. The van der Waals surface area contributed by atoms with Crippen LogP contribution in [0.4, 0.5) is 0 Å². The fraction of sp³-hybridized carbons (Fsp3) is 0.286. The van der Waals surface area contributed by atoms with Crippen molar-refractivity contribution >= 4 is 22.5 Å². The maximum atomic E-state index is 13.5. The summed E-state index contributed by atoms with van der Waals surface area (Å²) in [6.07, 6.45) is 1.97. The highest BCUT2D eigenvalue weighted by Gasteiger charge is 2.25. The molecule has 4 nitrogen and oxygen atoms in total. The molecule has 168 valence electrons. The number of likely N-dealkylation sites (tertiary alicyclic amines) is 1. The van der Waals surface area contributed by atoms with Crippen molar-refractivity contribution in [2.75, 3.05) is 13.1 Å². The number of hydrogen-bond donors (Lipinski definition) is 0. The molecule has 33 heavy (non-hydrogen) atoms. The third kappa shape index (κ3) is 4.87. The minimum atomic E-state index is 0.0117. The number of piperidine rings is 1. The van der Waals surface area contributed by atoms with Gasteiger partial charge in [-0.2, -0.15) is 0 Å². The van der Waals surface area contributed by atoms with Crippen molar-refractivity contribution in [1.29, 1.82) is 0 Å². The van der Waals surface area contributed by atoms with Crippen LogP contribution >= 0.6 is 11.6 Å². The zero-order valence-corrected chi connectivity index (χ0v) is 19.6. The fourth-order valence-electron chi connectivity index (χ4n) is 4.74. The molecule has 0 unspecified atom stereocenters. The van der Waals surface area contributed by atoms with Gasteiger partial charge in [-0.05, 0) is 62.2 Å². The molecule has 0 N–H and O–H groups in total. The molecule has 2 heterocycles. The van der Waals surface area contributed by atoms with Gasteiger partial charge >= 0.3 is 0 Å². The summed E-state index contributed by atoms with van der Waals surface area (Å²) in [5.41, 5.74) is 4.44. The van der Waals surface area contributed by atoms with Gasteiger partial charge in [0.15, 0.2) is 0 Å². The number of aryl methyl sites for hydroxylation is 1. The molecular weight excluding hydrogens is 430 g/mol. The van der Waals surface area contributed by atoms with Gasteiger partial charge in [0, 0.05) is 17.5 Å². The molecule has 1 fully saturated rings. The van der Waals surface area contributed by atoms with Crippen LogP contribution in [0.1, 0.15) is 41.3 Å². The Morgan fingerprint density at radius 1 is 0.909 bits per heavy atom. The summed E-state index contributed by atoms with van der Waals surface area (Å²) < 4.78 is 1.88. The highest BCUT2D eigenvalue weighted by molar-refractivity contribution is 6.31. The van der Waals surface area contributed by atoms with E-state index in [2.05, 4.69) is 48.2 Å². The lowest BCUT2D eigenvalue weighted by Gasteiger charge is -2.32. The molecule has 4 aromatic rings. The van der Waals surface area contributed by atoms with Gasteiger partial charge in [-0.15, -0.1) is 0 Å². The summed E-state index contributed by atoms with van der Waals surface area (Å²) in [5.74, 6) is 1.13. The first kappa shape index (κ1) is 21.9. The normalized spacial score (nSPS) is 15.2. The molecule has 0 saturated carbocycles. The van der Waals surface area contributed by atoms with Crippen molar-refractivity contribution in [1.82, 2.24) is 14.5 Å². The summed E-state index contributed by atoms with van der Waals surface area (Å²) in [7, 11) is 0. The average Bonchev–Trinajstić information content (AvgIpc) is 2.83. The van der Waals surface area contributed by atoms with Crippen molar-refractivity contribution < 1.29 is 0 Å². The van der Waals surface area contributed by atoms with E-state index in [1.54, 1.807) is 18.2 Å². The van der Waals surface area contributed by atoms with Crippen molar-refractivity contribution in [3.05, 3.63) is 111 Å². The summed E-state index contributed by atoms with van der Waals surface area (Å²) in [5, 5.41) is 1.23. The largest absolute Gasteiger partial charge is 0.299 e. The van der Waals surface area contributed by atoms with E-state index in [1.807, 2.05) is 22.8 Å². The van der Waals surface area contributed by atoms with Crippen LogP contribution in [-0.2, 0) is 13.1 Å². The number of hydrogen-bond acceptors (Lipinski definition) is 3. The molecule has 5 heteroatoms. The molecule has 1 aromatic heterocycles. The van der Waals surface area contributed by atoms with Gasteiger partial charge in [0.1, 0.15) is 5.82 Å². The van der Waals surface area contributed by atoms with Crippen LogP contribution < -0.4 is 5.56 Å². The smallest absolute Gasteiger partial charge is 0.261 e. The third-order valence-electron chi connectivity index (χ3n) is 6.61. The second-order valence-corrected chi connectivity index (χ2v) is 9.48. The zero-order valence-electron chi connectivity index (χ0n) is 18.9. The summed E-state index contributed by atoms with van der Waals surface area (Å²) in [6, 6.07) is 24.3. The molecule has 3 aromatic carbocycles. The SMILES string of the molecule is Cc1ccc(CN2CCC(c3nc4cc(Cl)ccc4c(=O)n3Cc3ccccc3)CC2)cc1. The monoisotopic (exact) mass is 457 g/mol. The van der Waals surface area contributed by atoms with Gasteiger partial charge in [-0.1, -0.05) is 71.8 Å². The van der Waals surface area contributed by atoms with Gasteiger partial charge in [0.2, 0.25) is 0 Å². The molecule has 0 aliphatic carbocycles. The summed E-state index contributed by atoms with van der Waals surface area (Å²) in [4.78, 5) is 21.0. The van der Waals surface area contributed by atoms with E-state index in [9.17, 15) is 4.79 Å². The molecule has 5 rings (SSSR count). The van der Waals surface area contributed by atoms with Crippen LogP contribution in [0.25, 0.3) is 10.9 Å². The van der Waals surface area contributed by atoms with E-state index in [0.29, 0.717) is 22.5 Å². The van der Waals surface area contributed by atoms with Crippen molar-refractivity contribution in [2.45, 2.75) is 38.8 Å². The van der Waals surface area contributed by atoms with Crippen molar-refractivity contribution in [3.63, 3.8) is 0 Å². The van der Waals surface area contributed by atoms with E-state index in [4.69, 9.17) is 16.6 Å². The molecule has 0 atom stereocenters. The first-order valence-electron chi connectivity index (χ1n) is 11.6. The first-order valence-corrected chi connectivity index (χ1v) is 12.0. The van der Waals surface area contributed by atoms with Gasteiger partial charge in [-0.25, -0.2) is 4.98 Å². The number of aromatic nitrogens is 2. The Morgan fingerprint density at radius 3 is 2.33 bits per heavy atom. The van der Waals surface area contributed by atoms with Gasteiger partial charge in [-0.3, -0.25) is 14.3 Å². The van der Waals surface area contributed by atoms with E-state index < -0.39 is 0 Å². The maximum absolute atomic E-state index is 13.5. The quantitative estimate of drug-likeness (QED) is 0.381. The van der Waals surface area contributed by atoms with E-state index in [-0.39, 0.29) is 11.5 Å². The Kier molecular flexibility index (Phi) is 6.30. The van der Waals surface area contributed by atoms with E-state index in [1.165, 1.54) is 11.1 Å². The topological polar surface area (TPSA) is 38.1 Å². The molecule has 1 aliphatic heterocycles. The van der Waals surface area contributed by atoms with Gasteiger partial charge in [0.25, 0.3) is 5.56 Å². The van der Waals surface area contributed by atoms with Crippen molar-refractivity contribution in [3.8, 4) is 0 Å². The van der Waals surface area contributed by atoms with Crippen LogP contribution in [0.5, 0.6) is 0 Å². The second-order valence-electron chi connectivity index (χ2n) is 9.04. The summed E-state index contributed by atoms with van der Waals surface area (Å²) >= 11 is 6.23. The Bertz CT molecular complexity index is 1310. The highest BCUT2D eigenvalue weighted by atomic mass is 35.5. The maximum Gasteiger partial charge on any atom is 0.261 e. The number of benzene rings is 3. The average molecular weight is 458 g/mol. The third-order valence-corrected chi connectivity index (χ3v) is 6.85. The minimum Gasteiger partial charge on any atom is -0.299 e. The van der Waals surface area contributed by atoms with Crippen molar-refractivity contribution in [2.24, 2.45) is 0 Å². The van der Waals surface area contributed by atoms with Crippen LogP contribution in [0.3, 0.4) is 0 Å². The predicted molar refractivity (Wildman–Crippen MR) is 135 cm³/mol. The first-order chi connectivity index (χ1) is 16.1. The van der Waals surface area contributed by atoms with Crippen LogP contribution in [0, 0.1) is 6.92 Å². The lowest BCUT2D eigenvalue weighted by molar-refractivity contribution is 0.200. The lowest BCUT2D eigenvalue weighted by Crippen LogP contribution is -2.35. The second kappa shape index (κ2) is 9.50. The van der Waals surface area contributed by atoms with Gasteiger partial charge < -0.3 is 0 Å².